The Bertz CT molecular complexity index is 499. The number of carbonyl (C=O) groups is 1. The fraction of sp³-hybridized carbons (Fsp3) is 0.588. The first-order valence-corrected chi connectivity index (χ1v) is 8.04. The summed E-state index contributed by atoms with van der Waals surface area (Å²) in [6, 6.07) is 8.54. The number of likely N-dealkylation sites (tertiary alicyclic amines) is 1. The Morgan fingerprint density at radius 1 is 1.38 bits per heavy atom. The van der Waals surface area contributed by atoms with Gasteiger partial charge in [0.05, 0.1) is 6.61 Å². The second kappa shape index (κ2) is 6.48. The third-order valence-corrected chi connectivity index (χ3v) is 4.19. The molecule has 1 aliphatic heterocycles. The van der Waals surface area contributed by atoms with Crippen molar-refractivity contribution in [3.8, 4) is 5.75 Å². The number of carbonyl (C=O) groups excluding carboxylic acids is 1. The van der Waals surface area contributed by atoms with E-state index < -0.39 is 0 Å². The average molecular weight is 288 g/mol. The summed E-state index contributed by atoms with van der Waals surface area (Å²) >= 11 is 0. The Morgan fingerprint density at radius 2 is 2.24 bits per heavy atom. The number of rotatable bonds is 6. The van der Waals surface area contributed by atoms with Gasteiger partial charge < -0.3 is 10.1 Å². The van der Waals surface area contributed by atoms with Crippen molar-refractivity contribution in [3.05, 3.63) is 29.8 Å². The molecule has 1 aromatic carbocycles. The molecular weight excluding hydrogens is 264 g/mol. The van der Waals surface area contributed by atoms with Crippen LogP contribution in [0.4, 0.5) is 0 Å². The number of ether oxygens (including phenoxy) is 1. The number of hydrogen-bond acceptors (Lipinski definition) is 3. The third kappa shape index (κ3) is 3.76. The van der Waals surface area contributed by atoms with E-state index in [4.69, 9.17) is 4.74 Å². The molecule has 1 amide bonds. The fourth-order valence-corrected chi connectivity index (χ4v) is 2.89. The van der Waals surface area contributed by atoms with Crippen molar-refractivity contribution in [3.63, 3.8) is 0 Å². The van der Waals surface area contributed by atoms with Gasteiger partial charge in [0.2, 0.25) is 0 Å². The van der Waals surface area contributed by atoms with Crippen LogP contribution in [0.1, 0.15) is 43.0 Å². The minimum Gasteiger partial charge on any atom is -0.494 e. The highest BCUT2D eigenvalue weighted by molar-refractivity contribution is 5.94. The maximum atomic E-state index is 12.3. The van der Waals surface area contributed by atoms with E-state index in [0.29, 0.717) is 18.2 Å². The van der Waals surface area contributed by atoms with Crippen LogP contribution < -0.4 is 10.1 Å². The minimum atomic E-state index is 0.0135. The third-order valence-electron chi connectivity index (χ3n) is 4.19. The molecule has 1 aromatic rings. The molecule has 0 aromatic heterocycles. The predicted molar refractivity (Wildman–Crippen MR) is 82.7 cm³/mol. The molecular formula is C17H24N2O2. The number of amides is 1. The fourth-order valence-electron chi connectivity index (χ4n) is 2.89. The lowest BCUT2D eigenvalue weighted by molar-refractivity contribution is 0.0937. The van der Waals surface area contributed by atoms with Crippen LogP contribution in [-0.4, -0.2) is 42.6 Å². The van der Waals surface area contributed by atoms with Crippen LogP contribution in [-0.2, 0) is 0 Å². The first kappa shape index (κ1) is 14.4. The highest BCUT2D eigenvalue weighted by Gasteiger charge is 2.34. The highest BCUT2D eigenvalue weighted by atomic mass is 16.5. The standard InChI is InChI=1S/C17H24N2O2/c1-2-10-21-16-5-3-4-13(11-16)17(20)18-14-8-9-19(12-14)15-6-7-15/h3-5,11,14-15H,2,6-10,12H2,1H3,(H,18,20)/t14-/m0/s1. The first-order chi connectivity index (χ1) is 10.3. The Morgan fingerprint density at radius 3 is 3.00 bits per heavy atom. The van der Waals surface area contributed by atoms with Gasteiger partial charge in [-0.3, -0.25) is 9.69 Å². The second-order valence-corrected chi connectivity index (χ2v) is 6.06. The molecule has 2 aliphatic rings. The lowest BCUT2D eigenvalue weighted by Gasteiger charge is -2.16. The molecule has 0 radical (unpaired) electrons. The van der Waals surface area contributed by atoms with Gasteiger partial charge in [0.15, 0.2) is 0 Å². The van der Waals surface area contributed by atoms with Gasteiger partial charge in [0.1, 0.15) is 5.75 Å². The summed E-state index contributed by atoms with van der Waals surface area (Å²) in [6.07, 6.45) is 4.69. The van der Waals surface area contributed by atoms with Crippen molar-refractivity contribution in [1.29, 1.82) is 0 Å². The summed E-state index contributed by atoms with van der Waals surface area (Å²) in [5, 5.41) is 3.15. The summed E-state index contributed by atoms with van der Waals surface area (Å²) < 4.78 is 5.58. The quantitative estimate of drug-likeness (QED) is 0.874. The number of benzene rings is 1. The summed E-state index contributed by atoms with van der Waals surface area (Å²) in [5.41, 5.74) is 0.688. The second-order valence-electron chi connectivity index (χ2n) is 6.06. The van der Waals surface area contributed by atoms with Crippen molar-refractivity contribution in [2.75, 3.05) is 19.7 Å². The van der Waals surface area contributed by atoms with Crippen molar-refractivity contribution in [2.24, 2.45) is 0 Å². The number of nitrogens with zero attached hydrogens (tertiary/aromatic N) is 1. The molecule has 4 nitrogen and oxygen atoms in total. The van der Waals surface area contributed by atoms with E-state index in [1.54, 1.807) is 0 Å². The molecule has 1 saturated carbocycles. The monoisotopic (exact) mass is 288 g/mol. The van der Waals surface area contributed by atoms with E-state index in [1.165, 1.54) is 12.8 Å². The van der Waals surface area contributed by atoms with E-state index in [9.17, 15) is 4.79 Å². The SMILES string of the molecule is CCCOc1cccc(C(=O)N[C@H]2CCN(C3CC3)C2)c1. The van der Waals surface area contributed by atoms with Gasteiger partial charge in [-0.25, -0.2) is 0 Å². The van der Waals surface area contributed by atoms with Gasteiger partial charge in [-0.15, -0.1) is 0 Å². The maximum absolute atomic E-state index is 12.3. The van der Waals surface area contributed by atoms with Gasteiger partial charge in [0.25, 0.3) is 5.91 Å². The largest absolute Gasteiger partial charge is 0.494 e. The molecule has 2 fully saturated rings. The van der Waals surface area contributed by atoms with Crippen molar-refractivity contribution < 1.29 is 9.53 Å². The van der Waals surface area contributed by atoms with E-state index in [-0.39, 0.29) is 5.91 Å². The average Bonchev–Trinajstić information content (AvgIpc) is 3.26. The van der Waals surface area contributed by atoms with Crippen LogP contribution in [0.25, 0.3) is 0 Å². The molecule has 0 spiro atoms. The molecule has 1 atom stereocenters. The van der Waals surface area contributed by atoms with Gasteiger partial charge in [-0.1, -0.05) is 13.0 Å². The normalized spacial score (nSPS) is 22.2. The molecule has 3 rings (SSSR count). The van der Waals surface area contributed by atoms with E-state index >= 15 is 0 Å². The number of nitrogens with one attached hydrogen (secondary N) is 1. The van der Waals surface area contributed by atoms with Crippen LogP contribution in [0, 0.1) is 0 Å². The Labute approximate surface area is 126 Å². The zero-order valence-corrected chi connectivity index (χ0v) is 12.7. The van der Waals surface area contributed by atoms with Crippen LogP contribution >= 0.6 is 0 Å². The minimum absolute atomic E-state index is 0.0135. The maximum Gasteiger partial charge on any atom is 0.251 e. The van der Waals surface area contributed by atoms with Gasteiger partial charge in [0, 0.05) is 30.7 Å². The molecule has 1 heterocycles. The summed E-state index contributed by atoms with van der Waals surface area (Å²) in [4.78, 5) is 14.8. The summed E-state index contributed by atoms with van der Waals surface area (Å²) in [7, 11) is 0. The van der Waals surface area contributed by atoms with Crippen molar-refractivity contribution >= 4 is 5.91 Å². The molecule has 1 N–H and O–H groups in total. The topological polar surface area (TPSA) is 41.6 Å². The lowest BCUT2D eigenvalue weighted by Crippen LogP contribution is -2.37. The van der Waals surface area contributed by atoms with Crippen LogP contribution in [0.2, 0.25) is 0 Å². The highest BCUT2D eigenvalue weighted by Crippen LogP contribution is 2.29. The summed E-state index contributed by atoms with van der Waals surface area (Å²) in [5.74, 6) is 0.787. The molecule has 0 unspecified atom stereocenters. The van der Waals surface area contributed by atoms with Crippen LogP contribution in [0.3, 0.4) is 0 Å². The number of hydrogen-bond donors (Lipinski definition) is 1. The summed E-state index contributed by atoms with van der Waals surface area (Å²) in [6.45, 7) is 4.88. The van der Waals surface area contributed by atoms with Crippen molar-refractivity contribution in [2.45, 2.75) is 44.7 Å². The molecule has 0 bridgehead atoms. The first-order valence-electron chi connectivity index (χ1n) is 8.04. The zero-order valence-electron chi connectivity index (χ0n) is 12.7. The van der Waals surface area contributed by atoms with E-state index in [2.05, 4.69) is 17.1 Å². The Balaban J connectivity index is 1.55. The molecule has 4 heteroatoms. The van der Waals surface area contributed by atoms with Crippen molar-refractivity contribution in [1.82, 2.24) is 10.2 Å². The molecule has 21 heavy (non-hydrogen) atoms. The van der Waals surface area contributed by atoms with Gasteiger partial charge in [-0.2, -0.15) is 0 Å². The molecule has 1 aliphatic carbocycles. The Hall–Kier alpha value is -1.55. The zero-order chi connectivity index (χ0) is 14.7. The van der Waals surface area contributed by atoms with Gasteiger partial charge in [-0.05, 0) is 43.9 Å². The molecule has 1 saturated heterocycles. The van der Waals surface area contributed by atoms with E-state index in [1.807, 2.05) is 24.3 Å². The predicted octanol–water partition coefficient (Wildman–Crippen LogP) is 2.44. The van der Waals surface area contributed by atoms with Gasteiger partial charge >= 0.3 is 0 Å². The van der Waals surface area contributed by atoms with Crippen LogP contribution in [0.15, 0.2) is 24.3 Å². The van der Waals surface area contributed by atoms with E-state index in [0.717, 1.165) is 37.7 Å². The lowest BCUT2D eigenvalue weighted by atomic mass is 10.1. The Kier molecular flexibility index (Phi) is 4.44. The van der Waals surface area contributed by atoms with Crippen LogP contribution in [0.5, 0.6) is 5.75 Å². The molecule has 114 valence electrons. The smallest absolute Gasteiger partial charge is 0.251 e.